The fourth-order valence-corrected chi connectivity index (χ4v) is 4.94. The molecular weight excluding hydrogens is 539 g/mol. The standard InChI is InChI=1S/C28H26F3N7O3/c1-41-16-26(40)36-17-27(18-36,7-8-32)37-15-22(13-34-37)21-11-25-33-14-24(38(25)35-12-21)20-4-2-3-19(9-20)10-23(39)5-6-28(29,30)31/h2-4,9,11-15H,5-7,10,16-18H2,1H3. The maximum absolute atomic E-state index is 12.5. The van der Waals surface area contributed by atoms with Gasteiger partial charge in [-0.3, -0.25) is 14.3 Å². The molecule has 0 atom stereocenters. The van der Waals surface area contributed by atoms with E-state index >= 15 is 0 Å². The number of carbonyl (C=O) groups is 2. The number of hydrogen-bond donors (Lipinski definition) is 0. The molecule has 1 saturated heterocycles. The summed E-state index contributed by atoms with van der Waals surface area (Å²) in [7, 11) is 1.46. The molecule has 1 aliphatic rings. The number of alkyl halides is 3. The highest BCUT2D eigenvalue weighted by molar-refractivity contribution is 5.81. The van der Waals surface area contributed by atoms with Crippen LogP contribution in [0.4, 0.5) is 13.2 Å². The Bertz CT molecular complexity index is 1630. The van der Waals surface area contributed by atoms with Crippen molar-refractivity contribution in [2.45, 2.75) is 37.4 Å². The number of rotatable bonds is 10. The Morgan fingerprint density at radius 1 is 1.10 bits per heavy atom. The van der Waals surface area contributed by atoms with Crippen LogP contribution in [-0.2, 0) is 26.3 Å². The smallest absolute Gasteiger partial charge is 0.375 e. The van der Waals surface area contributed by atoms with Crippen molar-refractivity contribution in [1.29, 1.82) is 5.26 Å². The first-order chi connectivity index (χ1) is 19.6. The maximum atomic E-state index is 12.5. The summed E-state index contributed by atoms with van der Waals surface area (Å²) in [4.78, 5) is 30.3. The van der Waals surface area contributed by atoms with Crippen LogP contribution in [0.2, 0.25) is 0 Å². The van der Waals surface area contributed by atoms with Crippen molar-refractivity contribution in [3.8, 4) is 28.5 Å². The molecule has 0 unspecified atom stereocenters. The van der Waals surface area contributed by atoms with Crippen molar-refractivity contribution >= 4 is 17.3 Å². The lowest BCUT2D eigenvalue weighted by molar-refractivity contribution is -0.146. The second kappa shape index (κ2) is 11.1. The molecular formula is C28H26F3N7O3. The van der Waals surface area contributed by atoms with Crippen molar-refractivity contribution < 1.29 is 27.5 Å². The Hall–Kier alpha value is -4.57. The topological polar surface area (TPSA) is 118 Å². The number of aromatic nitrogens is 5. The molecule has 5 rings (SSSR count). The number of hydrogen-bond acceptors (Lipinski definition) is 7. The van der Waals surface area contributed by atoms with Gasteiger partial charge in [0, 0.05) is 55.9 Å². The predicted molar refractivity (Wildman–Crippen MR) is 140 cm³/mol. The van der Waals surface area contributed by atoms with E-state index < -0.39 is 30.3 Å². The average Bonchev–Trinajstić information content (AvgIpc) is 3.57. The van der Waals surface area contributed by atoms with E-state index in [2.05, 4.69) is 21.3 Å². The highest BCUT2D eigenvalue weighted by Gasteiger charge is 2.47. The van der Waals surface area contributed by atoms with Crippen LogP contribution in [0.15, 0.2) is 55.1 Å². The number of amides is 1. The van der Waals surface area contributed by atoms with Gasteiger partial charge in [0.25, 0.3) is 0 Å². The van der Waals surface area contributed by atoms with E-state index in [1.54, 1.807) is 50.9 Å². The van der Waals surface area contributed by atoms with Crippen LogP contribution in [0.5, 0.6) is 0 Å². The zero-order valence-electron chi connectivity index (χ0n) is 22.1. The fraction of sp³-hybridized carbons (Fsp3) is 0.357. The molecule has 4 heterocycles. The Morgan fingerprint density at radius 2 is 1.88 bits per heavy atom. The summed E-state index contributed by atoms with van der Waals surface area (Å²) >= 11 is 0. The third-order valence-corrected chi connectivity index (χ3v) is 7.07. The minimum atomic E-state index is -4.36. The summed E-state index contributed by atoms with van der Waals surface area (Å²) in [6, 6.07) is 11.1. The Kier molecular flexibility index (Phi) is 7.59. The second-order valence-corrected chi connectivity index (χ2v) is 10.1. The molecule has 1 aromatic carbocycles. The summed E-state index contributed by atoms with van der Waals surface area (Å²) in [5, 5.41) is 18.4. The van der Waals surface area contributed by atoms with Crippen molar-refractivity contribution in [2.75, 3.05) is 26.8 Å². The molecule has 0 radical (unpaired) electrons. The zero-order valence-corrected chi connectivity index (χ0v) is 22.1. The number of ether oxygens (including phenoxy) is 1. The largest absolute Gasteiger partial charge is 0.389 e. The number of methoxy groups -OCH3 is 1. The number of benzene rings is 1. The van der Waals surface area contributed by atoms with Crippen LogP contribution in [0, 0.1) is 11.3 Å². The van der Waals surface area contributed by atoms with E-state index in [1.165, 1.54) is 7.11 Å². The molecule has 0 bridgehead atoms. The molecule has 212 valence electrons. The zero-order chi connectivity index (χ0) is 29.2. The molecule has 13 heteroatoms. The van der Waals surface area contributed by atoms with E-state index in [9.17, 15) is 28.0 Å². The molecule has 1 aliphatic heterocycles. The molecule has 4 aromatic rings. The molecule has 41 heavy (non-hydrogen) atoms. The van der Waals surface area contributed by atoms with Crippen LogP contribution in [0.25, 0.3) is 28.0 Å². The fourth-order valence-electron chi connectivity index (χ4n) is 4.94. The number of nitriles is 1. The first-order valence-corrected chi connectivity index (χ1v) is 12.8. The van der Waals surface area contributed by atoms with Crippen LogP contribution in [0.1, 0.15) is 24.8 Å². The average molecular weight is 566 g/mol. The Labute approximate surface area is 233 Å². The molecule has 0 N–H and O–H groups in total. The summed E-state index contributed by atoms with van der Waals surface area (Å²) in [6.45, 7) is 0.699. The lowest BCUT2D eigenvalue weighted by atomic mass is 9.86. The van der Waals surface area contributed by atoms with Crippen LogP contribution >= 0.6 is 0 Å². The molecule has 1 fully saturated rings. The molecule has 3 aromatic heterocycles. The SMILES string of the molecule is COCC(=O)N1CC(CC#N)(n2cc(-c3cnn4c(-c5cccc(CC(=O)CCC(F)(F)F)c5)cnc4c3)cn2)C1. The minimum Gasteiger partial charge on any atom is -0.375 e. The van der Waals surface area contributed by atoms with Crippen LogP contribution < -0.4 is 0 Å². The summed E-state index contributed by atoms with van der Waals surface area (Å²) in [6.07, 6.45) is 0.867. The van der Waals surface area contributed by atoms with Gasteiger partial charge in [-0.2, -0.15) is 28.6 Å². The van der Waals surface area contributed by atoms with E-state index in [4.69, 9.17) is 4.74 Å². The monoisotopic (exact) mass is 565 g/mol. The first-order valence-electron chi connectivity index (χ1n) is 12.8. The molecule has 1 amide bonds. The van der Waals surface area contributed by atoms with Crippen molar-refractivity contribution in [3.05, 3.63) is 60.7 Å². The van der Waals surface area contributed by atoms with Crippen LogP contribution in [0.3, 0.4) is 0 Å². The highest BCUT2D eigenvalue weighted by Crippen LogP contribution is 2.34. The van der Waals surface area contributed by atoms with Gasteiger partial charge in [-0.15, -0.1) is 0 Å². The first kappa shape index (κ1) is 28.0. The number of ketones is 1. The normalized spacial score (nSPS) is 14.6. The van der Waals surface area contributed by atoms with Gasteiger partial charge in [-0.1, -0.05) is 18.2 Å². The van der Waals surface area contributed by atoms with Crippen molar-refractivity contribution in [3.63, 3.8) is 0 Å². The summed E-state index contributed by atoms with van der Waals surface area (Å²) < 4.78 is 45.7. The van der Waals surface area contributed by atoms with Crippen molar-refractivity contribution in [1.82, 2.24) is 29.3 Å². The van der Waals surface area contributed by atoms with E-state index in [0.717, 1.165) is 16.7 Å². The number of carbonyl (C=O) groups excluding carboxylic acids is 2. The number of Topliss-reactive ketones (excluding diaryl/α,β-unsaturated/α-hetero) is 1. The second-order valence-electron chi connectivity index (χ2n) is 10.1. The lowest BCUT2D eigenvalue weighted by Gasteiger charge is -2.48. The molecule has 0 aliphatic carbocycles. The number of fused-ring (bicyclic) bond motifs is 1. The summed E-state index contributed by atoms with van der Waals surface area (Å²) in [5.41, 5.74) is 3.46. The Morgan fingerprint density at radius 3 is 2.61 bits per heavy atom. The summed E-state index contributed by atoms with van der Waals surface area (Å²) in [5.74, 6) is -0.620. The molecule has 0 spiro atoms. The van der Waals surface area contributed by atoms with Gasteiger partial charge >= 0.3 is 6.18 Å². The number of nitrogens with zero attached hydrogens (tertiary/aromatic N) is 7. The van der Waals surface area contributed by atoms with E-state index in [-0.39, 0.29) is 25.4 Å². The predicted octanol–water partition coefficient (Wildman–Crippen LogP) is 3.81. The molecule has 0 saturated carbocycles. The third kappa shape index (κ3) is 5.97. The number of imidazole rings is 1. The van der Waals surface area contributed by atoms with E-state index in [0.29, 0.717) is 30.0 Å². The van der Waals surface area contributed by atoms with Gasteiger partial charge in [-0.25, -0.2) is 9.50 Å². The maximum Gasteiger partial charge on any atom is 0.389 e. The highest BCUT2D eigenvalue weighted by atomic mass is 19.4. The minimum absolute atomic E-state index is 0.0185. The van der Waals surface area contributed by atoms with Gasteiger partial charge in [0.05, 0.1) is 43.2 Å². The van der Waals surface area contributed by atoms with E-state index in [1.807, 2.05) is 18.3 Å². The lowest BCUT2D eigenvalue weighted by Crippen LogP contribution is -2.64. The van der Waals surface area contributed by atoms with Gasteiger partial charge in [0.15, 0.2) is 5.65 Å². The molecule has 10 nitrogen and oxygen atoms in total. The van der Waals surface area contributed by atoms with Gasteiger partial charge < -0.3 is 9.64 Å². The van der Waals surface area contributed by atoms with Crippen LogP contribution in [-0.4, -0.2) is 74.0 Å². The van der Waals surface area contributed by atoms with Gasteiger partial charge in [0.1, 0.15) is 17.9 Å². The third-order valence-electron chi connectivity index (χ3n) is 7.07. The number of likely N-dealkylation sites (tertiary alicyclic amines) is 1. The number of halogens is 3. The van der Waals surface area contributed by atoms with Gasteiger partial charge in [0.2, 0.25) is 5.91 Å². The quantitative estimate of drug-likeness (QED) is 0.287. The Balaban J connectivity index is 1.33. The van der Waals surface area contributed by atoms with Gasteiger partial charge in [-0.05, 0) is 17.7 Å². The van der Waals surface area contributed by atoms with Crippen molar-refractivity contribution in [2.24, 2.45) is 0 Å².